The molecule has 1 saturated heterocycles. The van der Waals surface area contributed by atoms with Crippen molar-refractivity contribution in [1.29, 1.82) is 0 Å². The highest BCUT2D eigenvalue weighted by Gasteiger charge is 2.21. The summed E-state index contributed by atoms with van der Waals surface area (Å²) >= 11 is 1.71. The Hall–Kier alpha value is -2.18. The summed E-state index contributed by atoms with van der Waals surface area (Å²) in [6.45, 7) is 7.40. The summed E-state index contributed by atoms with van der Waals surface area (Å²) in [7, 11) is 0. The lowest BCUT2D eigenvalue weighted by Gasteiger charge is -2.35. The van der Waals surface area contributed by atoms with Crippen LogP contribution in [0, 0.1) is 6.92 Å². The number of nitrogens with zero attached hydrogens (tertiary/aromatic N) is 4. The Kier molecular flexibility index (Phi) is 5.55. The average Bonchev–Trinajstić information content (AvgIpc) is 3.34. The molecule has 3 aromatic rings. The number of nitrogens with one attached hydrogen (secondary N) is 1. The van der Waals surface area contributed by atoms with Crippen LogP contribution in [0.1, 0.15) is 24.8 Å². The molecule has 4 rings (SSSR count). The molecule has 0 unspecified atom stereocenters. The zero-order valence-electron chi connectivity index (χ0n) is 16.0. The number of anilines is 1. The van der Waals surface area contributed by atoms with Crippen LogP contribution in [0.4, 0.5) is 5.69 Å². The highest BCUT2D eigenvalue weighted by Crippen LogP contribution is 2.27. The maximum absolute atomic E-state index is 4.63. The summed E-state index contributed by atoms with van der Waals surface area (Å²) in [4.78, 5) is 7.12. The number of hydrogen-bond donors (Lipinski definition) is 1. The van der Waals surface area contributed by atoms with Gasteiger partial charge in [-0.3, -0.25) is 4.68 Å². The molecule has 5 nitrogen and oxygen atoms in total. The summed E-state index contributed by atoms with van der Waals surface area (Å²) < 4.78 is 2.00. The van der Waals surface area contributed by atoms with Crippen LogP contribution < -0.4 is 10.2 Å². The first-order valence-electron chi connectivity index (χ1n) is 9.68. The van der Waals surface area contributed by atoms with Gasteiger partial charge in [-0.05, 0) is 44.9 Å². The van der Waals surface area contributed by atoms with Gasteiger partial charge in [0.25, 0.3) is 0 Å². The molecule has 0 radical (unpaired) electrons. The van der Waals surface area contributed by atoms with E-state index >= 15 is 0 Å². The van der Waals surface area contributed by atoms with Gasteiger partial charge in [-0.2, -0.15) is 5.10 Å². The van der Waals surface area contributed by atoms with Gasteiger partial charge >= 0.3 is 0 Å². The van der Waals surface area contributed by atoms with Gasteiger partial charge in [0.1, 0.15) is 0 Å². The summed E-state index contributed by atoms with van der Waals surface area (Å²) in [5.74, 6) is 0. The Bertz CT molecular complexity index is 849. The molecule has 27 heavy (non-hydrogen) atoms. The number of hydrogen-bond acceptors (Lipinski definition) is 5. The van der Waals surface area contributed by atoms with E-state index in [1.54, 1.807) is 11.3 Å². The van der Waals surface area contributed by atoms with Gasteiger partial charge in [0.2, 0.25) is 0 Å². The van der Waals surface area contributed by atoms with Crippen LogP contribution in [0.25, 0.3) is 11.3 Å². The zero-order chi connectivity index (χ0) is 18.6. The fourth-order valence-corrected chi connectivity index (χ4v) is 4.43. The third kappa shape index (κ3) is 4.57. The van der Waals surface area contributed by atoms with E-state index in [9.17, 15) is 0 Å². The minimum absolute atomic E-state index is 0.428. The average molecular weight is 382 g/mol. The van der Waals surface area contributed by atoms with Crippen LogP contribution in [0.5, 0.6) is 0 Å². The van der Waals surface area contributed by atoms with E-state index in [-0.39, 0.29) is 0 Å². The molecule has 1 fully saturated rings. The Morgan fingerprint density at radius 1 is 1.26 bits per heavy atom. The molecule has 2 aromatic heterocycles. The first-order valence-corrected chi connectivity index (χ1v) is 10.6. The van der Waals surface area contributed by atoms with Crippen LogP contribution >= 0.6 is 11.3 Å². The summed E-state index contributed by atoms with van der Waals surface area (Å²) in [5.41, 5.74) is 3.61. The van der Waals surface area contributed by atoms with Crippen molar-refractivity contribution in [2.75, 3.05) is 18.0 Å². The second kappa shape index (κ2) is 8.23. The van der Waals surface area contributed by atoms with E-state index in [1.807, 2.05) is 23.1 Å². The van der Waals surface area contributed by atoms with Crippen LogP contribution in [-0.4, -0.2) is 39.9 Å². The smallest absolute Gasteiger partial charge is 0.0901 e. The maximum Gasteiger partial charge on any atom is 0.0901 e. The van der Waals surface area contributed by atoms with Gasteiger partial charge in [-0.15, -0.1) is 11.3 Å². The molecule has 6 heteroatoms. The Morgan fingerprint density at radius 2 is 2.11 bits per heavy atom. The van der Waals surface area contributed by atoms with E-state index in [4.69, 9.17) is 0 Å². The molecule has 1 N–H and O–H groups in total. The quantitative estimate of drug-likeness (QED) is 0.702. The van der Waals surface area contributed by atoms with Crippen molar-refractivity contribution in [1.82, 2.24) is 20.1 Å². The van der Waals surface area contributed by atoms with Gasteiger partial charge in [-0.25, -0.2) is 4.98 Å². The molecule has 0 aliphatic carbocycles. The van der Waals surface area contributed by atoms with Crippen molar-refractivity contribution in [3.8, 4) is 11.3 Å². The van der Waals surface area contributed by atoms with Crippen molar-refractivity contribution in [3.63, 3.8) is 0 Å². The van der Waals surface area contributed by atoms with Crippen molar-refractivity contribution >= 4 is 17.0 Å². The van der Waals surface area contributed by atoms with Crippen LogP contribution in [0.3, 0.4) is 0 Å². The molecule has 0 saturated carbocycles. The van der Waals surface area contributed by atoms with E-state index in [0.717, 1.165) is 30.3 Å². The maximum atomic E-state index is 4.63. The lowest BCUT2D eigenvalue weighted by atomic mass is 10.0. The molecular weight excluding hydrogens is 354 g/mol. The number of piperidine rings is 1. The Labute approximate surface area is 165 Å². The normalized spacial score (nSPS) is 16.6. The minimum Gasteiger partial charge on any atom is -0.371 e. The Balaban J connectivity index is 1.32. The van der Waals surface area contributed by atoms with Gasteiger partial charge < -0.3 is 10.2 Å². The SMILES string of the molecule is Cc1nc(-c2cccc(N3CCC(N[C@H](C)Cn4cccn4)CC3)c2)cs1. The number of thiazole rings is 1. The van der Waals surface area contributed by atoms with Crippen LogP contribution in [0.15, 0.2) is 48.1 Å². The first-order chi connectivity index (χ1) is 13.2. The Morgan fingerprint density at radius 3 is 2.81 bits per heavy atom. The summed E-state index contributed by atoms with van der Waals surface area (Å²) in [5, 5.41) is 11.3. The van der Waals surface area contributed by atoms with E-state index in [1.165, 1.54) is 24.1 Å². The summed E-state index contributed by atoms with van der Waals surface area (Å²) in [6, 6.07) is 11.8. The van der Waals surface area contributed by atoms with E-state index in [2.05, 4.69) is 63.8 Å². The van der Waals surface area contributed by atoms with Gasteiger partial charge in [0, 0.05) is 54.2 Å². The largest absolute Gasteiger partial charge is 0.371 e. The number of aromatic nitrogens is 3. The molecule has 142 valence electrons. The lowest BCUT2D eigenvalue weighted by Crippen LogP contribution is -2.46. The van der Waals surface area contributed by atoms with Gasteiger partial charge in [0.15, 0.2) is 0 Å². The topological polar surface area (TPSA) is 46.0 Å². The fraction of sp³-hybridized carbons (Fsp3) is 0.429. The number of aryl methyl sites for hydroxylation is 1. The summed E-state index contributed by atoms with van der Waals surface area (Å²) in [6.07, 6.45) is 6.21. The van der Waals surface area contributed by atoms with Crippen molar-refractivity contribution in [2.24, 2.45) is 0 Å². The standard InChI is InChI=1S/C21H27N5S/c1-16(14-26-10-4-9-22-26)23-19-7-11-25(12-8-19)20-6-3-5-18(13-20)21-15-27-17(2)24-21/h3-6,9-10,13,15-16,19,23H,7-8,11-12,14H2,1-2H3/t16-/m1/s1. The minimum atomic E-state index is 0.428. The first kappa shape index (κ1) is 18.2. The molecule has 0 bridgehead atoms. The number of rotatable bonds is 6. The lowest BCUT2D eigenvalue weighted by molar-refractivity contribution is 0.348. The van der Waals surface area contributed by atoms with E-state index in [0.29, 0.717) is 12.1 Å². The van der Waals surface area contributed by atoms with Gasteiger partial charge in [0.05, 0.1) is 17.2 Å². The third-order valence-electron chi connectivity index (χ3n) is 5.16. The molecule has 1 atom stereocenters. The zero-order valence-corrected chi connectivity index (χ0v) is 16.8. The molecule has 1 aromatic carbocycles. The monoisotopic (exact) mass is 381 g/mol. The van der Waals surface area contributed by atoms with Crippen molar-refractivity contribution in [3.05, 3.63) is 53.1 Å². The molecule has 0 amide bonds. The molecule has 0 spiro atoms. The van der Waals surface area contributed by atoms with Crippen LogP contribution in [0.2, 0.25) is 0 Å². The predicted octanol–water partition coefficient (Wildman–Crippen LogP) is 3.96. The highest BCUT2D eigenvalue weighted by atomic mass is 32.1. The highest BCUT2D eigenvalue weighted by molar-refractivity contribution is 7.09. The molecule has 3 heterocycles. The molecule has 1 aliphatic rings. The van der Waals surface area contributed by atoms with Crippen molar-refractivity contribution in [2.45, 2.75) is 45.3 Å². The third-order valence-corrected chi connectivity index (χ3v) is 5.93. The van der Waals surface area contributed by atoms with Gasteiger partial charge in [-0.1, -0.05) is 12.1 Å². The van der Waals surface area contributed by atoms with E-state index < -0.39 is 0 Å². The van der Waals surface area contributed by atoms with Crippen molar-refractivity contribution < 1.29 is 0 Å². The molecular formula is C21H27N5S. The second-order valence-electron chi connectivity index (χ2n) is 7.36. The van der Waals surface area contributed by atoms with Crippen LogP contribution in [-0.2, 0) is 6.54 Å². The second-order valence-corrected chi connectivity index (χ2v) is 8.42. The molecule has 1 aliphatic heterocycles. The fourth-order valence-electron chi connectivity index (χ4n) is 3.81. The predicted molar refractivity (Wildman–Crippen MR) is 112 cm³/mol. The number of benzene rings is 1.